The van der Waals surface area contributed by atoms with Crippen LogP contribution in [-0.4, -0.2) is 30.4 Å². The number of nitro benzene ring substituents is 1. The van der Waals surface area contributed by atoms with E-state index in [9.17, 15) is 14.9 Å². The normalized spacial score (nSPS) is 11.0. The molecule has 0 bridgehead atoms. The molecular formula is C13H17ClN2O4. The van der Waals surface area contributed by atoms with Crippen LogP contribution in [0.25, 0.3) is 0 Å². The number of hydrogen-bond acceptors (Lipinski definition) is 4. The summed E-state index contributed by atoms with van der Waals surface area (Å²) in [7, 11) is 1.32. The van der Waals surface area contributed by atoms with Gasteiger partial charge in [0.2, 0.25) is 0 Å². The smallest absolute Gasteiger partial charge is 0.310 e. The summed E-state index contributed by atoms with van der Waals surface area (Å²) < 4.78 is 4.92. The number of ether oxygens (including phenoxy) is 1. The molecule has 7 heteroatoms. The van der Waals surface area contributed by atoms with Crippen molar-refractivity contribution < 1.29 is 14.5 Å². The SMILES string of the molecule is COc1cc(C(=O)NCC(C)(C)CCl)ccc1[N+](=O)[O-]. The molecule has 110 valence electrons. The van der Waals surface area contributed by atoms with Crippen molar-refractivity contribution in [3.05, 3.63) is 33.9 Å². The molecule has 1 amide bonds. The molecule has 0 aliphatic carbocycles. The lowest BCUT2D eigenvalue weighted by atomic mass is 9.96. The van der Waals surface area contributed by atoms with Crippen molar-refractivity contribution in [2.75, 3.05) is 19.5 Å². The molecule has 0 saturated heterocycles. The molecule has 0 unspecified atom stereocenters. The Bertz CT molecular complexity index is 517. The first-order valence-electron chi connectivity index (χ1n) is 5.97. The molecule has 0 saturated carbocycles. The first-order chi connectivity index (χ1) is 9.30. The lowest BCUT2D eigenvalue weighted by Gasteiger charge is -2.21. The number of amides is 1. The predicted octanol–water partition coefficient (Wildman–Crippen LogP) is 2.60. The summed E-state index contributed by atoms with van der Waals surface area (Å²) in [6, 6.07) is 3.99. The third-order valence-corrected chi connectivity index (χ3v) is 3.45. The zero-order valence-electron chi connectivity index (χ0n) is 11.6. The lowest BCUT2D eigenvalue weighted by Crippen LogP contribution is -2.35. The van der Waals surface area contributed by atoms with Gasteiger partial charge in [0.1, 0.15) is 0 Å². The van der Waals surface area contributed by atoms with E-state index in [0.29, 0.717) is 18.0 Å². The van der Waals surface area contributed by atoms with E-state index in [0.717, 1.165) is 0 Å². The number of carbonyl (C=O) groups is 1. The van der Waals surface area contributed by atoms with Crippen LogP contribution >= 0.6 is 11.6 Å². The van der Waals surface area contributed by atoms with Gasteiger partial charge < -0.3 is 10.1 Å². The lowest BCUT2D eigenvalue weighted by molar-refractivity contribution is -0.385. The van der Waals surface area contributed by atoms with E-state index in [-0.39, 0.29) is 22.8 Å². The highest BCUT2D eigenvalue weighted by molar-refractivity contribution is 6.18. The van der Waals surface area contributed by atoms with Crippen molar-refractivity contribution in [3.63, 3.8) is 0 Å². The van der Waals surface area contributed by atoms with Crippen LogP contribution < -0.4 is 10.1 Å². The van der Waals surface area contributed by atoms with Crippen LogP contribution in [0.15, 0.2) is 18.2 Å². The number of rotatable bonds is 6. The Labute approximate surface area is 122 Å². The van der Waals surface area contributed by atoms with E-state index >= 15 is 0 Å². The average molecular weight is 301 g/mol. The minimum absolute atomic E-state index is 0.0549. The second kappa shape index (κ2) is 6.56. The van der Waals surface area contributed by atoms with E-state index < -0.39 is 4.92 Å². The highest BCUT2D eigenvalue weighted by Gasteiger charge is 2.20. The van der Waals surface area contributed by atoms with Crippen LogP contribution in [-0.2, 0) is 0 Å². The summed E-state index contributed by atoms with van der Waals surface area (Å²) in [5.74, 6) is 0.146. The summed E-state index contributed by atoms with van der Waals surface area (Å²) in [5.41, 5.74) is -0.0924. The summed E-state index contributed by atoms with van der Waals surface area (Å²) >= 11 is 5.78. The van der Waals surface area contributed by atoms with Gasteiger partial charge in [0.25, 0.3) is 5.91 Å². The fraction of sp³-hybridized carbons (Fsp3) is 0.462. The van der Waals surface area contributed by atoms with Crippen LogP contribution in [0.3, 0.4) is 0 Å². The van der Waals surface area contributed by atoms with Crippen LogP contribution in [0.4, 0.5) is 5.69 Å². The molecule has 0 radical (unpaired) electrons. The van der Waals surface area contributed by atoms with Crippen molar-refractivity contribution in [2.45, 2.75) is 13.8 Å². The van der Waals surface area contributed by atoms with Crippen LogP contribution in [0, 0.1) is 15.5 Å². The molecule has 0 atom stereocenters. The van der Waals surface area contributed by atoms with Gasteiger partial charge in [-0.1, -0.05) is 13.8 Å². The van der Waals surface area contributed by atoms with E-state index in [1.54, 1.807) is 0 Å². The van der Waals surface area contributed by atoms with Crippen molar-refractivity contribution in [1.29, 1.82) is 0 Å². The van der Waals surface area contributed by atoms with E-state index in [1.807, 2.05) is 13.8 Å². The maximum absolute atomic E-state index is 12.0. The zero-order chi connectivity index (χ0) is 15.3. The molecule has 0 heterocycles. The van der Waals surface area contributed by atoms with Gasteiger partial charge in [0.05, 0.1) is 12.0 Å². The van der Waals surface area contributed by atoms with Crippen molar-refractivity contribution in [1.82, 2.24) is 5.32 Å². The zero-order valence-corrected chi connectivity index (χ0v) is 12.4. The van der Waals surface area contributed by atoms with Gasteiger partial charge in [0.15, 0.2) is 5.75 Å². The molecule has 1 N–H and O–H groups in total. The third-order valence-electron chi connectivity index (χ3n) is 2.73. The molecule has 20 heavy (non-hydrogen) atoms. The first kappa shape index (κ1) is 16.2. The number of methoxy groups -OCH3 is 1. The highest BCUT2D eigenvalue weighted by Crippen LogP contribution is 2.27. The first-order valence-corrected chi connectivity index (χ1v) is 6.51. The maximum Gasteiger partial charge on any atom is 0.310 e. The molecule has 0 aliphatic rings. The molecule has 1 aromatic rings. The van der Waals surface area contributed by atoms with Gasteiger partial charge in [-0.3, -0.25) is 14.9 Å². The molecule has 1 rings (SSSR count). The van der Waals surface area contributed by atoms with Gasteiger partial charge in [-0.05, 0) is 11.5 Å². The summed E-state index contributed by atoms with van der Waals surface area (Å²) in [6.07, 6.45) is 0. The number of nitrogens with one attached hydrogen (secondary N) is 1. The Hall–Kier alpha value is -1.82. The number of benzene rings is 1. The van der Waals surface area contributed by atoms with Crippen molar-refractivity contribution in [3.8, 4) is 5.75 Å². The molecule has 6 nitrogen and oxygen atoms in total. The number of hydrogen-bond donors (Lipinski definition) is 1. The largest absolute Gasteiger partial charge is 0.490 e. The van der Waals surface area contributed by atoms with Gasteiger partial charge in [-0.2, -0.15) is 0 Å². The minimum atomic E-state index is -0.558. The second-order valence-electron chi connectivity index (χ2n) is 5.12. The third kappa shape index (κ3) is 4.09. The number of alkyl halides is 1. The number of carbonyl (C=O) groups excluding carboxylic acids is 1. The minimum Gasteiger partial charge on any atom is -0.490 e. The highest BCUT2D eigenvalue weighted by atomic mass is 35.5. The van der Waals surface area contributed by atoms with Crippen LogP contribution in [0.2, 0.25) is 0 Å². The van der Waals surface area contributed by atoms with Crippen LogP contribution in [0.5, 0.6) is 5.75 Å². The monoisotopic (exact) mass is 300 g/mol. The Kier molecular flexibility index (Phi) is 5.33. The maximum atomic E-state index is 12.0. The fourth-order valence-electron chi connectivity index (χ4n) is 1.44. The molecular weight excluding hydrogens is 284 g/mol. The summed E-state index contributed by atoms with van der Waals surface area (Å²) in [6.45, 7) is 4.27. The molecule has 0 aliphatic heterocycles. The van der Waals surface area contributed by atoms with Gasteiger partial charge >= 0.3 is 5.69 Å². The standard InChI is InChI=1S/C13H17ClN2O4/c1-13(2,7-14)8-15-12(17)9-4-5-10(16(18)19)11(6-9)20-3/h4-6H,7-8H2,1-3H3,(H,15,17). The number of nitrogens with zero attached hydrogens (tertiary/aromatic N) is 1. The Morgan fingerprint density at radius 1 is 1.50 bits per heavy atom. The van der Waals surface area contributed by atoms with Crippen molar-refractivity contribution in [2.24, 2.45) is 5.41 Å². The van der Waals surface area contributed by atoms with Gasteiger partial charge in [0, 0.05) is 30.1 Å². The Balaban J connectivity index is 2.87. The predicted molar refractivity (Wildman–Crippen MR) is 76.5 cm³/mol. The van der Waals surface area contributed by atoms with E-state index in [1.165, 1.54) is 25.3 Å². The summed E-state index contributed by atoms with van der Waals surface area (Å²) in [5, 5.41) is 13.5. The quantitative estimate of drug-likeness (QED) is 0.497. The molecule has 0 aromatic heterocycles. The molecule has 0 spiro atoms. The van der Waals surface area contributed by atoms with Crippen LogP contribution in [0.1, 0.15) is 24.2 Å². The number of halogens is 1. The van der Waals surface area contributed by atoms with E-state index in [4.69, 9.17) is 16.3 Å². The van der Waals surface area contributed by atoms with Gasteiger partial charge in [-0.25, -0.2) is 0 Å². The fourth-order valence-corrected chi connectivity index (χ4v) is 1.53. The van der Waals surface area contributed by atoms with Gasteiger partial charge in [-0.15, -0.1) is 11.6 Å². The summed E-state index contributed by atoms with van der Waals surface area (Å²) in [4.78, 5) is 22.2. The average Bonchev–Trinajstić information content (AvgIpc) is 2.43. The Morgan fingerprint density at radius 3 is 2.65 bits per heavy atom. The van der Waals surface area contributed by atoms with E-state index in [2.05, 4.69) is 5.32 Å². The number of nitro groups is 1. The molecule has 1 aromatic carbocycles. The molecule has 0 fully saturated rings. The topological polar surface area (TPSA) is 81.5 Å². The Morgan fingerprint density at radius 2 is 2.15 bits per heavy atom. The second-order valence-corrected chi connectivity index (χ2v) is 5.39. The van der Waals surface area contributed by atoms with Crippen molar-refractivity contribution >= 4 is 23.2 Å².